The van der Waals surface area contributed by atoms with Crippen molar-refractivity contribution in [2.24, 2.45) is 15.4 Å². The Hall–Kier alpha value is -8.36. The lowest BCUT2D eigenvalue weighted by atomic mass is 10.1. The standard InChI is InChI=1S/C55H64N10O13S2/c1-5-65(6-2)44-22-15-39-35-47(55(71)78-49(39)36-44)53(69)60-30-31-76-32-33-77-80(74,75)46-11-9-10-40(34-46)52(68)61-48(12-7-8-27-57-50(66)38-16-25-45(26-17-38)79(56,72)73)54(70)59-29-28-58-51(67)37-13-18-41(19-14-37)62-63-42-20-23-43(24-21-42)64(3)4/h9-11,13-26,34-36,48H,5-8,12,27-33H2,1-4H3,(H,57,66)(H,58,67)(H,59,70)(H,60,69)(H,61,68)(H2,56,72,73)/t48-/m0/s1. The minimum atomic E-state index is -4.42. The molecule has 1 heterocycles. The number of fused-ring (bicyclic) bond motifs is 1. The maximum Gasteiger partial charge on any atom is 0.349 e. The van der Waals surface area contributed by atoms with Crippen LogP contribution in [0.25, 0.3) is 11.0 Å². The topological polar surface area (TPSA) is 320 Å². The number of primary sulfonamides is 1. The lowest BCUT2D eigenvalue weighted by Crippen LogP contribution is -2.48. The number of hydrogen-bond donors (Lipinski definition) is 6. The van der Waals surface area contributed by atoms with E-state index in [1.165, 1.54) is 48.5 Å². The number of hydrogen-bond acceptors (Lipinski definition) is 17. The molecule has 0 bridgehead atoms. The summed E-state index contributed by atoms with van der Waals surface area (Å²) < 4.78 is 65.7. The summed E-state index contributed by atoms with van der Waals surface area (Å²) in [6, 6.07) is 29.7. The van der Waals surface area contributed by atoms with Gasteiger partial charge in [0.05, 0.1) is 41.0 Å². The van der Waals surface area contributed by atoms with Gasteiger partial charge in [0.2, 0.25) is 15.9 Å². The van der Waals surface area contributed by atoms with Crippen molar-refractivity contribution in [3.05, 3.63) is 154 Å². The Bertz CT molecular complexity index is 3450. The quantitative estimate of drug-likeness (QED) is 0.0153. The molecule has 0 unspecified atom stereocenters. The number of nitrogens with one attached hydrogen (secondary N) is 5. The van der Waals surface area contributed by atoms with Crippen molar-refractivity contribution in [3.63, 3.8) is 0 Å². The molecule has 6 rings (SSSR count). The van der Waals surface area contributed by atoms with Gasteiger partial charge in [-0.3, -0.25) is 28.2 Å². The van der Waals surface area contributed by atoms with E-state index in [2.05, 4.69) is 41.7 Å². The van der Waals surface area contributed by atoms with Crippen LogP contribution in [0.1, 0.15) is 74.5 Å². The molecule has 23 nitrogen and oxygen atoms in total. The van der Waals surface area contributed by atoms with Crippen LogP contribution in [0.4, 0.5) is 22.7 Å². The van der Waals surface area contributed by atoms with E-state index < -0.39 is 68.0 Å². The van der Waals surface area contributed by atoms with Gasteiger partial charge in [-0.2, -0.15) is 18.6 Å². The van der Waals surface area contributed by atoms with Crippen LogP contribution in [0.2, 0.25) is 0 Å². The van der Waals surface area contributed by atoms with Gasteiger partial charge in [0.15, 0.2) is 0 Å². The molecule has 0 fully saturated rings. The normalized spacial score (nSPS) is 11.9. The number of nitrogens with zero attached hydrogens (tertiary/aromatic N) is 4. The lowest BCUT2D eigenvalue weighted by molar-refractivity contribution is -0.123. The highest BCUT2D eigenvalue weighted by Gasteiger charge is 2.24. The van der Waals surface area contributed by atoms with Crippen LogP contribution in [0, 0.1) is 0 Å². The van der Waals surface area contributed by atoms with Gasteiger partial charge in [-0.1, -0.05) is 6.07 Å². The van der Waals surface area contributed by atoms with Crippen molar-refractivity contribution in [1.29, 1.82) is 0 Å². The maximum absolute atomic E-state index is 13.7. The Morgan fingerprint density at radius 1 is 0.613 bits per heavy atom. The molecule has 0 saturated heterocycles. The van der Waals surface area contributed by atoms with Crippen molar-refractivity contribution in [2.75, 3.05) is 83.0 Å². The highest BCUT2D eigenvalue weighted by atomic mass is 32.2. The predicted molar refractivity (Wildman–Crippen MR) is 301 cm³/mol. The van der Waals surface area contributed by atoms with Crippen molar-refractivity contribution < 1.29 is 54.1 Å². The number of carbonyl (C=O) groups excluding carboxylic acids is 5. The zero-order valence-corrected chi connectivity index (χ0v) is 46.2. The molecule has 80 heavy (non-hydrogen) atoms. The molecule has 0 radical (unpaired) electrons. The van der Waals surface area contributed by atoms with E-state index in [0.29, 0.717) is 40.7 Å². The highest BCUT2D eigenvalue weighted by molar-refractivity contribution is 7.89. The number of nitrogens with two attached hydrogens (primary N) is 1. The first-order valence-electron chi connectivity index (χ1n) is 25.5. The lowest BCUT2D eigenvalue weighted by Gasteiger charge is -2.21. The van der Waals surface area contributed by atoms with E-state index in [-0.39, 0.29) is 72.3 Å². The molecule has 7 N–H and O–H groups in total. The third kappa shape index (κ3) is 17.8. The zero-order chi connectivity index (χ0) is 57.8. The molecular weight excluding hydrogens is 1070 g/mol. The average Bonchev–Trinajstić information content (AvgIpc) is 3.47. The number of benzene rings is 5. The molecule has 0 saturated carbocycles. The predicted octanol–water partition coefficient (Wildman–Crippen LogP) is 5.16. The molecule has 0 aliphatic heterocycles. The third-order valence-corrected chi connectivity index (χ3v) is 14.5. The maximum atomic E-state index is 13.7. The Morgan fingerprint density at radius 2 is 1.21 bits per heavy atom. The van der Waals surface area contributed by atoms with Crippen LogP contribution >= 0.6 is 0 Å². The summed E-state index contributed by atoms with van der Waals surface area (Å²) in [5.41, 5.74) is 2.87. The van der Waals surface area contributed by atoms with Crippen molar-refractivity contribution in [3.8, 4) is 0 Å². The molecule has 0 spiro atoms. The first-order valence-corrected chi connectivity index (χ1v) is 28.5. The first-order chi connectivity index (χ1) is 38.3. The molecule has 25 heteroatoms. The Kier molecular flexibility index (Phi) is 22.1. The average molecular weight is 1140 g/mol. The Morgan fingerprint density at radius 3 is 1.85 bits per heavy atom. The number of rotatable bonds is 29. The van der Waals surface area contributed by atoms with Crippen LogP contribution in [-0.2, 0) is 33.9 Å². The molecular formula is C55H64N10O13S2. The number of sulfonamides is 1. The fourth-order valence-electron chi connectivity index (χ4n) is 7.82. The fourth-order valence-corrected chi connectivity index (χ4v) is 9.28. The summed E-state index contributed by atoms with van der Waals surface area (Å²) in [4.78, 5) is 82.0. The molecule has 6 aromatic rings. The fraction of sp³-hybridized carbons (Fsp3) is 0.309. The zero-order valence-electron chi connectivity index (χ0n) is 44.6. The second-order valence-electron chi connectivity index (χ2n) is 18.1. The number of unbranched alkanes of at least 4 members (excludes halogenated alkanes) is 1. The van der Waals surface area contributed by atoms with Crippen LogP contribution in [-0.4, -0.2) is 126 Å². The summed E-state index contributed by atoms with van der Waals surface area (Å²) in [7, 11) is -4.50. The van der Waals surface area contributed by atoms with E-state index in [9.17, 15) is 45.6 Å². The van der Waals surface area contributed by atoms with Gasteiger partial charge < -0.3 is 45.5 Å². The molecule has 5 amide bonds. The van der Waals surface area contributed by atoms with Gasteiger partial charge >= 0.3 is 5.63 Å². The van der Waals surface area contributed by atoms with Crippen molar-refractivity contribution in [2.45, 2.75) is 48.9 Å². The summed E-state index contributed by atoms with van der Waals surface area (Å²) in [6.07, 6.45) is 0.747. The summed E-state index contributed by atoms with van der Waals surface area (Å²) in [6.45, 7) is 5.02. The highest BCUT2D eigenvalue weighted by Crippen LogP contribution is 2.24. The smallest absolute Gasteiger partial charge is 0.349 e. The van der Waals surface area contributed by atoms with Crippen LogP contribution < -0.4 is 47.1 Å². The van der Waals surface area contributed by atoms with Crippen molar-refractivity contribution >= 4 is 83.4 Å². The molecule has 1 atom stereocenters. The van der Waals surface area contributed by atoms with Gasteiger partial charge in [0, 0.05) is 92.9 Å². The minimum Gasteiger partial charge on any atom is -0.422 e. The molecule has 1 aromatic heterocycles. The number of amides is 5. The van der Waals surface area contributed by atoms with E-state index in [4.69, 9.17) is 18.5 Å². The Labute approximate surface area is 463 Å². The Balaban J connectivity index is 0.983. The molecule has 0 aliphatic carbocycles. The second kappa shape index (κ2) is 29.0. The van der Waals surface area contributed by atoms with Crippen LogP contribution in [0.15, 0.2) is 151 Å². The van der Waals surface area contributed by atoms with Gasteiger partial charge in [-0.15, -0.1) is 0 Å². The van der Waals surface area contributed by atoms with Gasteiger partial charge in [-0.25, -0.2) is 18.4 Å². The minimum absolute atomic E-state index is 0.0193. The van der Waals surface area contributed by atoms with Gasteiger partial charge in [-0.05, 0) is 142 Å². The monoisotopic (exact) mass is 1140 g/mol. The van der Waals surface area contributed by atoms with Crippen LogP contribution in [0.3, 0.4) is 0 Å². The van der Waals surface area contributed by atoms with E-state index in [1.807, 2.05) is 63.2 Å². The summed E-state index contributed by atoms with van der Waals surface area (Å²) >= 11 is 0. The SMILES string of the molecule is CCN(CC)c1ccc2cc(C(=O)NCCOCCOS(=O)(=O)c3cccc(C(=O)N[C@@H](CCCCNC(=O)c4ccc(S(N)(=O)=O)cc4)C(=O)NCCNC(=O)c4ccc(N=Nc5ccc(N(C)C)cc5)cc4)c3)c(=O)oc2c1. The third-order valence-electron chi connectivity index (χ3n) is 12.2. The second-order valence-corrected chi connectivity index (χ2v) is 21.2. The van der Waals surface area contributed by atoms with Gasteiger partial charge in [0.1, 0.15) is 17.2 Å². The molecule has 0 aliphatic rings. The van der Waals surface area contributed by atoms with E-state index in [1.54, 1.807) is 36.4 Å². The summed E-state index contributed by atoms with van der Waals surface area (Å²) in [5.74, 6) is -2.96. The molecule has 424 valence electrons. The number of ether oxygens (including phenoxy) is 1. The van der Waals surface area contributed by atoms with E-state index >= 15 is 0 Å². The summed E-state index contributed by atoms with van der Waals surface area (Å²) in [5, 5.41) is 27.6. The van der Waals surface area contributed by atoms with Crippen LogP contribution in [0.5, 0.6) is 0 Å². The largest absolute Gasteiger partial charge is 0.422 e. The molecule has 5 aromatic carbocycles. The van der Waals surface area contributed by atoms with Crippen molar-refractivity contribution in [1.82, 2.24) is 26.6 Å². The first kappa shape index (κ1) is 60.9. The number of anilines is 2. The van der Waals surface area contributed by atoms with Gasteiger partial charge in [0.25, 0.3) is 33.7 Å². The van der Waals surface area contributed by atoms with E-state index in [0.717, 1.165) is 30.5 Å². The number of carbonyl (C=O) groups is 5. The number of azo groups is 1.